The van der Waals surface area contributed by atoms with Gasteiger partial charge in [0.2, 0.25) is 0 Å². The van der Waals surface area contributed by atoms with Crippen LogP contribution in [0.1, 0.15) is 0 Å². The molecule has 10 rings (SSSR count). The maximum Gasteiger partial charge on any atom is 4.00 e. The van der Waals surface area contributed by atoms with Crippen molar-refractivity contribution in [3.05, 3.63) is 170 Å². The Balaban J connectivity index is 0.000000160. The largest absolute Gasteiger partial charge is 4.00 e. The van der Waals surface area contributed by atoms with E-state index in [2.05, 4.69) is 180 Å². The van der Waals surface area contributed by atoms with Gasteiger partial charge in [-0.2, -0.15) is 0 Å². The first-order valence-corrected chi connectivity index (χ1v) is 17.1. The molecule has 49 heavy (non-hydrogen) atoms. The normalized spacial score (nSPS) is 12.2. The molecular formula is C42H28Cl2HfN2S2. The van der Waals surface area contributed by atoms with Gasteiger partial charge < -0.3 is 34.6 Å². The molecule has 0 aromatic heterocycles. The summed E-state index contributed by atoms with van der Waals surface area (Å²) in [4.78, 5) is 9.96. The number of hydrogen-bond acceptors (Lipinski definition) is 4. The molecule has 2 aliphatic rings. The summed E-state index contributed by atoms with van der Waals surface area (Å²) in [5.41, 5.74) is 7.48. The van der Waals surface area contributed by atoms with Crippen LogP contribution in [0, 0.1) is 0 Å². The molecule has 0 aliphatic carbocycles. The maximum atomic E-state index is 2.38. The zero-order valence-electron chi connectivity index (χ0n) is 26.1. The van der Waals surface area contributed by atoms with Crippen LogP contribution < -0.4 is 34.6 Å². The molecule has 7 heteroatoms. The molecule has 0 saturated carbocycles. The van der Waals surface area contributed by atoms with Crippen LogP contribution in [-0.2, 0) is 25.8 Å². The summed E-state index contributed by atoms with van der Waals surface area (Å²) in [6.45, 7) is 0. The fraction of sp³-hybridized carbons (Fsp3) is 0. The molecule has 2 heterocycles. The average molecular weight is 874 g/mol. The van der Waals surface area contributed by atoms with E-state index < -0.39 is 0 Å². The van der Waals surface area contributed by atoms with Gasteiger partial charge in [0.15, 0.2) is 0 Å². The summed E-state index contributed by atoms with van der Waals surface area (Å²) < 4.78 is 0. The first-order valence-electron chi connectivity index (χ1n) is 15.4. The van der Waals surface area contributed by atoms with Crippen LogP contribution in [0.4, 0.5) is 34.1 Å². The smallest absolute Gasteiger partial charge is 1.00 e. The topological polar surface area (TPSA) is 6.48 Å². The van der Waals surface area contributed by atoms with E-state index in [1.807, 2.05) is 23.5 Å². The zero-order valence-corrected chi connectivity index (χ0v) is 32.9. The molecule has 2 aliphatic heterocycles. The number of benzene rings is 6. The molecule has 0 N–H and O–H groups in total. The van der Waals surface area contributed by atoms with E-state index in [1.165, 1.54) is 75.3 Å². The minimum Gasteiger partial charge on any atom is -1.00 e. The Morgan fingerprint density at radius 1 is 0.367 bits per heavy atom. The number of fused-ring (bicyclic) bond motifs is 6. The van der Waals surface area contributed by atoms with E-state index in [0.29, 0.717) is 0 Å². The Hall–Kier alpha value is -3.71. The Morgan fingerprint density at radius 3 is 0.980 bits per heavy atom. The Bertz CT molecular complexity index is 2060. The van der Waals surface area contributed by atoms with Crippen molar-refractivity contribution in [3.63, 3.8) is 0 Å². The monoisotopic (exact) mass is 874 g/mol. The fourth-order valence-electron chi connectivity index (χ4n) is 6.49. The third kappa shape index (κ3) is 6.51. The SMILES string of the molecule is [Cl-].[Cl-].[Hf+4].c1ccc2c(c1)Sc1ccccc1N2c1cc2ccccc2[cH-]1.c1ccc2c(c1)Sc1ccccc1N2c1cc2ccccc2[cH-]1. The number of nitrogens with zero attached hydrogens (tertiary/aromatic N) is 2. The molecule has 0 radical (unpaired) electrons. The van der Waals surface area contributed by atoms with Gasteiger partial charge >= 0.3 is 25.8 Å². The second kappa shape index (κ2) is 15.0. The minimum atomic E-state index is 0. The van der Waals surface area contributed by atoms with Gasteiger partial charge in [-0.05, 0) is 59.9 Å². The van der Waals surface area contributed by atoms with Crippen LogP contribution in [0.3, 0.4) is 0 Å². The van der Waals surface area contributed by atoms with Crippen molar-refractivity contribution in [2.75, 3.05) is 9.80 Å². The van der Waals surface area contributed by atoms with E-state index in [-0.39, 0.29) is 50.7 Å². The van der Waals surface area contributed by atoms with Crippen LogP contribution in [0.15, 0.2) is 189 Å². The fourth-order valence-corrected chi connectivity index (χ4v) is 8.61. The van der Waals surface area contributed by atoms with E-state index >= 15 is 0 Å². The Labute approximate surface area is 326 Å². The van der Waals surface area contributed by atoms with Crippen LogP contribution in [0.2, 0.25) is 0 Å². The quantitative estimate of drug-likeness (QED) is 0.137. The number of anilines is 6. The number of rotatable bonds is 2. The summed E-state index contributed by atoms with van der Waals surface area (Å²) in [5, 5.41) is 5.15. The van der Waals surface area contributed by atoms with Crippen LogP contribution >= 0.6 is 23.5 Å². The van der Waals surface area contributed by atoms with Crippen molar-refractivity contribution >= 4 is 79.2 Å². The molecule has 0 bridgehead atoms. The molecule has 8 aromatic carbocycles. The zero-order chi connectivity index (χ0) is 30.5. The number of para-hydroxylation sites is 4. The van der Waals surface area contributed by atoms with Crippen LogP contribution in [-0.4, -0.2) is 0 Å². The van der Waals surface area contributed by atoms with Crippen molar-refractivity contribution < 1.29 is 50.7 Å². The molecule has 0 amide bonds. The van der Waals surface area contributed by atoms with E-state index in [0.717, 1.165) is 0 Å². The molecule has 8 aromatic rings. The molecule has 0 fully saturated rings. The number of halogens is 2. The van der Waals surface area contributed by atoms with Crippen molar-refractivity contribution in [2.24, 2.45) is 0 Å². The molecule has 0 atom stereocenters. The second-order valence-corrected chi connectivity index (χ2v) is 13.6. The predicted molar refractivity (Wildman–Crippen MR) is 197 cm³/mol. The van der Waals surface area contributed by atoms with Crippen molar-refractivity contribution in [1.82, 2.24) is 0 Å². The number of hydrogen-bond donors (Lipinski definition) is 0. The molecule has 0 unspecified atom stereocenters. The van der Waals surface area contributed by atoms with Gasteiger partial charge in [-0.15, -0.1) is 82.2 Å². The first kappa shape index (κ1) is 35.1. The van der Waals surface area contributed by atoms with E-state index in [4.69, 9.17) is 0 Å². The van der Waals surface area contributed by atoms with Gasteiger partial charge in [-0.3, -0.25) is 0 Å². The summed E-state index contributed by atoms with van der Waals surface area (Å²) in [5.74, 6) is 0. The standard InChI is InChI=1S/2C21H14NS.2ClH.Hf/c2*1-2-8-16-14-17(13-15(16)7-1)22-18-9-3-5-11-20(18)23-21-12-6-4-10-19(21)22;;;/h2*1-14H;2*1H;/q2*-1;;;+4/p-2. The first-order chi connectivity index (χ1) is 22.8. The second-order valence-electron chi connectivity index (χ2n) is 11.4. The van der Waals surface area contributed by atoms with Gasteiger partial charge in [0.25, 0.3) is 0 Å². The van der Waals surface area contributed by atoms with E-state index in [1.54, 1.807) is 0 Å². The summed E-state index contributed by atoms with van der Waals surface area (Å²) in [7, 11) is 0. The van der Waals surface area contributed by atoms with Crippen LogP contribution in [0.5, 0.6) is 0 Å². The van der Waals surface area contributed by atoms with Gasteiger partial charge in [0, 0.05) is 19.6 Å². The van der Waals surface area contributed by atoms with Gasteiger partial charge in [0.05, 0.1) is 22.7 Å². The molecular weight excluding hydrogens is 846 g/mol. The van der Waals surface area contributed by atoms with Crippen molar-refractivity contribution in [1.29, 1.82) is 0 Å². The molecule has 0 spiro atoms. The van der Waals surface area contributed by atoms with Gasteiger partial charge in [0.1, 0.15) is 0 Å². The average Bonchev–Trinajstić information content (AvgIpc) is 3.74. The van der Waals surface area contributed by atoms with Crippen LogP contribution in [0.25, 0.3) is 21.5 Å². The summed E-state index contributed by atoms with van der Waals surface area (Å²) in [6.07, 6.45) is 0. The van der Waals surface area contributed by atoms with Crippen molar-refractivity contribution in [2.45, 2.75) is 19.6 Å². The predicted octanol–water partition coefficient (Wildman–Crippen LogP) is 6.99. The van der Waals surface area contributed by atoms with Gasteiger partial charge in [-0.25, -0.2) is 0 Å². The third-order valence-corrected chi connectivity index (χ3v) is 10.8. The maximum absolute atomic E-state index is 2.38. The molecule has 0 saturated heterocycles. The third-order valence-electron chi connectivity index (χ3n) is 8.59. The molecule has 2 nitrogen and oxygen atoms in total. The minimum absolute atomic E-state index is 0. The van der Waals surface area contributed by atoms with E-state index in [9.17, 15) is 0 Å². The van der Waals surface area contributed by atoms with Crippen molar-refractivity contribution in [3.8, 4) is 0 Å². The Morgan fingerprint density at radius 2 is 0.653 bits per heavy atom. The Kier molecular flexibility index (Phi) is 10.8. The van der Waals surface area contributed by atoms with Gasteiger partial charge in [-0.1, -0.05) is 84.2 Å². The molecule has 236 valence electrons. The summed E-state index contributed by atoms with van der Waals surface area (Å²) in [6, 6.07) is 60.7. The summed E-state index contributed by atoms with van der Waals surface area (Å²) >= 11 is 3.69.